The van der Waals surface area contributed by atoms with Crippen LogP contribution in [0, 0.1) is 6.92 Å². The van der Waals surface area contributed by atoms with Crippen LogP contribution in [0.2, 0.25) is 0 Å². The number of aromatic nitrogens is 2. The van der Waals surface area contributed by atoms with E-state index in [0.717, 1.165) is 17.0 Å². The number of hydrogen-bond donors (Lipinski definition) is 3. The molecule has 2 aromatic rings. The Morgan fingerprint density at radius 3 is 3.00 bits per heavy atom. The van der Waals surface area contributed by atoms with Gasteiger partial charge in [-0.15, -0.1) is 0 Å². The zero-order valence-corrected chi connectivity index (χ0v) is 10.1. The van der Waals surface area contributed by atoms with Crippen LogP contribution in [0.3, 0.4) is 0 Å². The molecule has 1 aromatic heterocycles. The van der Waals surface area contributed by atoms with Gasteiger partial charge in [-0.2, -0.15) is 0 Å². The third-order valence-electron chi connectivity index (χ3n) is 2.78. The molecule has 0 aliphatic carbocycles. The summed E-state index contributed by atoms with van der Waals surface area (Å²) < 4.78 is 0. The molecule has 0 radical (unpaired) electrons. The van der Waals surface area contributed by atoms with Crippen molar-refractivity contribution in [2.24, 2.45) is 0 Å². The highest BCUT2D eigenvalue weighted by Gasteiger charge is 2.10. The Kier molecular flexibility index (Phi) is 3.44. The highest BCUT2D eigenvalue weighted by Crippen LogP contribution is 2.24. The number of benzene rings is 1. The maximum atomic E-state index is 9.80. The van der Waals surface area contributed by atoms with Crippen LogP contribution in [-0.2, 0) is 6.54 Å². The maximum Gasteiger partial charge on any atom is 0.120 e. The van der Waals surface area contributed by atoms with Crippen LogP contribution in [0.4, 0.5) is 0 Å². The Morgan fingerprint density at radius 1 is 1.47 bits per heavy atom. The van der Waals surface area contributed by atoms with Crippen LogP contribution in [0.5, 0.6) is 5.75 Å². The van der Waals surface area contributed by atoms with Gasteiger partial charge in [0.25, 0.3) is 0 Å². The fourth-order valence-corrected chi connectivity index (χ4v) is 1.78. The molecule has 0 saturated carbocycles. The molecule has 0 aliphatic rings. The van der Waals surface area contributed by atoms with Crippen LogP contribution >= 0.6 is 0 Å². The Morgan fingerprint density at radius 2 is 2.29 bits per heavy atom. The number of nitrogens with zero attached hydrogens (tertiary/aromatic N) is 1. The quantitative estimate of drug-likeness (QED) is 0.756. The molecule has 4 nitrogen and oxygen atoms in total. The first-order chi connectivity index (χ1) is 8.16. The molecule has 0 spiro atoms. The molecule has 1 aromatic carbocycles. The van der Waals surface area contributed by atoms with Gasteiger partial charge in [0.1, 0.15) is 11.6 Å². The Hall–Kier alpha value is -1.81. The van der Waals surface area contributed by atoms with Crippen LogP contribution in [0.1, 0.15) is 29.9 Å². The second-order valence-corrected chi connectivity index (χ2v) is 4.20. The predicted octanol–water partition coefficient (Wildman–Crippen LogP) is 2.27. The Labute approximate surface area is 101 Å². The summed E-state index contributed by atoms with van der Waals surface area (Å²) in [7, 11) is 0. The Balaban J connectivity index is 2.04. The van der Waals surface area contributed by atoms with Crippen molar-refractivity contribution in [2.75, 3.05) is 0 Å². The molecule has 0 fully saturated rings. The first-order valence-electron chi connectivity index (χ1n) is 5.68. The molecule has 2 rings (SSSR count). The van der Waals surface area contributed by atoms with Crippen molar-refractivity contribution in [1.82, 2.24) is 15.3 Å². The van der Waals surface area contributed by atoms with E-state index in [1.807, 2.05) is 26.0 Å². The summed E-state index contributed by atoms with van der Waals surface area (Å²) in [5.74, 6) is 1.22. The number of aryl methyl sites for hydroxylation is 1. The standard InChI is InChI=1S/C13H17N3O/c1-9-3-4-12(17)11(7-9)10(2)16-8-13-14-5-6-15-13/h3-7,10,16-17H,8H2,1-2H3,(H,14,15). The molecule has 1 heterocycles. The zero-order chi connectivity index (χ0) is 12.3. The van der Waals surface area contributed by atoms with Gasteiger partial charge >= 0.3 is 0 Å². The molecule has 3 N–H and O–H groups in total. The topological polar surface area (TPSA) is 60.9 Å². The van der Waals surface area contributed by atoms with Crippen molar-refractivity contribution in [1.29, 1.82) is 0 Å². The molecule has 17 heavy (non-hydrogen) atoms. The second kappa shape index (κ2) is 5.01. The molecule has 0 aliphatic heterocycles. The van der Waals surface area contributed by atoms with E-state index in [4.69, 9.17) is 0 Å². The average Bonchev–Trinajstić information content (AvgIpc) is 2.82. The van der Waals surface area contributed by atoms with Gasteiger partial charge in [0.15, 0.2) is 0 Å². The molecule has 0 bridgehead atoms. The van der Waals surface area contributed by atoms with Gasteiger partial charge in [0, 0.05) is 24.0 Å². The molecular weight excluding hydrogens is 214 g/mol. The van der Waals surface area contributed by atoms with Gasteiger partial charge < -0.3 is 15.4 Å². The Bertz CT molecular complexity index is 479. The van der Waals surface area contributed by atoms with E-state index in [0.29, 0.717) is 12.3 Å². The van der Waals surface area contributed by atoms with Crippen molar-refractivity contribution < 1.29 is 5.11 Å². The predicted molar refractivity (Wildman–Crippen MR) is 66.7 cm³/mol. The molecule has 4 heteroatoms. The van der Waals surface area contributed by atoms with Gasteiger partial charge in [-0.05, 0) is 19.9 Å². The van der Waals surface area contributed by atoms with Gasteiger partial charge in [-0.3, -0.25) is 0 Å². The molecule has 0 saturated heterocycles. The molecule has 1 atom stereocenters. The number of phenols is 1. The van der Waals surface area contributed by atoms with Gasteiger partial charge in [0.2, 0.25) is 0 Å². The van der Waals surface area contributed by atoms with Crippen LogP contribution < -0.4 is 5.32 Å². The molecule has 90 valence electrons. The minimum absolute atomic E-state index is 0.0833. The van der Waals surface area contributed by atoms with E-state index in [1.165, 1.54) is 0 Å². The van der Waals surface area contributed by atoms with E-state index in [9.17, 15) is 5.11 Å². The van der Waals surface area contributed by atoms with E-state index in [1.54, 1.807) is 18.5 Å². The summed E-state index contributed by atoms with van der Waals surface area (Å²) in [5, 5.41) is 13.1. The molecule has 1 unspecified atom stereocenters. The van der Waals surface area contributed by atoms with Gasteiger partial charge in [0.05, 0.1) is 6.54 Å². The molecular formula is C13H17N3O. The number of rotatable bonds is 4. The monoisotopic (exact) mass is 231 g/mol. The van der Waals surface area contributed by atoms with Crippen LogP contribution in [0.15, 0.2) is 30.6 Å². The van der Waals surface area contributed by atoms with Crippen LogP contribution in [0.25, 0.3) is 0 Å². The maximum absolute atomic E-state index is 9.80. The number of phenolic OH excluding ortho intramolecular Hbond substituents is 1. The normalized spacial score (nSPS) is 12.6. The number of H-pyrrole nitrogens is 1. The second-order valence-electron chi connectivity index (χ2n) is 4.20. The SMILES string of the molecule is Cc1ccc(O)c(C(C)NCc2ncc[nH]2)c1. The summed E-state index contributed by atoms with van der Waals surface area (Å²) in [5.41, 5.74) is 2.06. The summed E-state index contributed by atoms with van der Waals surface area (Å²) in [6.07, 6.45) is 3.53. The largest absolute Gasteiger partial charge is 0.508 e. The number of nitrogens with one attached hydrogen (secondary N) is 2. The fraction of sp³-hybridized carbons (Fsp3) is 0.308. The van der Waals surface area contributed by atoms with E-state index in [2.05, 4.69) is 15.3 Å². The average molecular weight is 231 g/mol. The van der Waals surface area contributed by atoms with E-state index < -0.39 is 0 Å². The van der Waals surface area contributed by atoms with Crippen molar-refractivity contribution in [3.05, 3.63) is 47.5 Å². The van der Waals surface area contributed by atoms with Crippen molar-refractivity contribution in [3.63, 3.8) is 0 Å². The summed E-state index contributed by atoms with van der Waals surface area (Å²) in [6, 6.07) is 5.71. The highest BCUT2D eigenvalue weighted by atomic mass is 16.3. The number of imidazole rings is 1. The van der Waals surface area contributed by atoms with Gasteiger partial charge in [-0.25, -0.2) is 4.98 Å². The first-order valence-corrected chi connectivity index (χ1v) is 5.68. The summed E-state index contributed by atoms with van der Waals surface area (Å²) in [4.78, 5) is 7.18. The van der Waals surface area contributed by atoms with Crippen molar-refractivity contribution in [3.8, 4) is 5.75 Å². The minimum atomic E-state index is 0.0833. The van der Waals surface area contributed by atoms with Crippen molar-refractivity contribution in [2.45, 2.75) is 26.4 Å². The molecule has 0 amide bonds. The number of hydrogen-bond acceptors (Lipinski definition) is 3. The first kappa shape index (κ1) is 11.7. The highest BCUT2D eigenvalue weighted by molar-refractivity contribution is 5.37. The van der Waals surface area contributed by atoms with Crippen molar-refractivity contribution >= 4 is 0 Å². The summed E-state index contributed by atoms with van der Waals surface area (Å²) >= 11 is 0. The lowest BCUT2D eigenvalue weighted by Crippen LogP contribution is -2.19. The lowest BCUT2D eigenvalue weighted by atomic mass is 10.0. The summed E-state index contributed by atoms with van der Waals surface area (Å²) in [6.45, 7) is 4.70. The van der Waals surface area contributed by atoms with Gasteiger partial charge in [-0.1, -0.05) is 17.7 Å². The van der Waals surface area contributed by atoms with E-state index in [-0.39, 0.29) is 6.04 Å². The number of aromatic hydroxyl groups is 1. The third kappa shape index (κ3) is 2.85. The van der Waals surface area contributed by atoms with E-state index >= 15 is 0 Å². The lowest BCUT2D eigenvalue weighted by molar-refractivity contribution is 0.451. The minimum Gasteiger partial charge on any atom is -0.508 e. The fourth-order valence-electron chi connectivity index (χ4n) is 1.78. The third-order valence-corrected chi connectivity index (χ3v) is 2.78. The van der Waals surface area contributed by atoms with Crippen LogP contribution in [-0.4, -0.2) is 15.1 Å². The zero-order valence-electron chi connectivity index (χ0n) is 10.1. The number of aromatic amines is 1. The lowest BCUT2D eigenvalue weighted by Gasteiger charge is -2.15. The smallest absolute Gasteiger partial charge is 0.120 e.